The van der Waals surface area contributed by atoms with Gasteiger partial charge < -0.3 is 4.90 Å². The van der Waals surface area contributed by atoms with Gasteiger partial charge in [0.25, 0.3) is 10.1 Å². The van der Waals surface area contributed by atoms with Gasteiger partial charge in [-0.2, -0.15) is 21.6 Å². The summed E-state index contributed by atoms with van der Waals surface area (Å²) in [5, 5.41) is 1.19. The lowest BCUT2D eigenvalue weighted by atomic mass is 9.80. The maximum Gasteiger partial charge on any atom is 0.408 e. The second-order valence-electron chi connectivity index (χ2n) is 9.38. The number of amides is 1. The molecule has 1 amide bonds. The van der Waals surface area contributed by atoms with E-state index in [0.29, 0.717) is 5.39 Å². The van der Waals surface area contributed by atoms with Gasteiger partial charge in [-0.15, -0.1) is 0 Å². The number of pyridine rings is 1. The molecule has 1 fully saturated rings. The summed E-state index contributed by atoms with van der Waals surface area (Å²) in [5.74, 6) is -4.16. The van der Waals surface area contributed by atoms with Crippen LogP contribution in [-0.2, 0) is 14.9 Å². The van der Waals surface area contributed by atoms with E-state index in [2.05, 4.69) is 4.98 Å². The van der Waals surface area contributed by atoms with Gasteiger partial charge in [-0.25, -0.2) is 4.39 Å². The minimum Gasteiger partial charge on any atom is -0.301 e. The molecule has 0 saturated carbocycles. The molecule has 3 atom stereocenters. The second kappa shape index (κ2) is 8.72. The van der Waals surface area contributed by atoms with Gasteiger partial charge in [-0.1, -0.05) is 60.7 Å². The number of carbonyl (C=O) groups is 1. The van der Waals surface area contributed by atoms with Crippen LogP contribution < -0.4 is 4.90 Å². The number of benzene rings is 4. The molecule has 198 valence electrons. The number of hydrogen-bond donors (Lipinski definition) is 1. The van der Waals surface area contributed by atoms with Crippen LogP contribution >= 0.6 is 0 Å². The number of alkyl halides is 3. The molecule has 39 heavy (non-hydrogen) atoms. The summed E-state index contributed by atoms with van der Waals surface area (Å²) in [6, 6.07) is 20.6. The van der Waals surface area contributed by atoms with Gasteiger partial charge in [0.15, 0.2) is 5.25 Å². The molecule has 0 spiro atoms. The van der Waals surface area contributed by atoms with Crippen molar-refractivity contribution in [1.29, 1.82) is 0 Å². The van der Waals surface area contributed by atoms with Crippen LogP contribution in [0.1, 0.15) is 11.7 Å². The molecule has 0 bridgehead atoms. The zero-order valence-electron chi connectivity index (χ0n) is 19.8. The molecule has 6 rings (SSSR count). The maximum absolute atomic E-state index is 14.0. The fraction of sp³-hybridized carbons (Fsp3) is 0.143. The molecule has 1 saturated heterocycles. The van der Waals surface area contributed by atoms with E-state index in [-0.39, 0.29) is 11.4 Å². The Morgan fingerprint density at radius 2 is 1.49 bits per heavy atom. The van der Waals surface area contributed by atoms with Gasteiger partial charge in [0, 0.05) is 5.39 Å². The summed E-state index contributed by atoms with van der Waals surface area (Å²) in [6.45, 7) is 0. The third kappa shape index (κ3) is 4.00. The average molecular weight is 555 g/mol. The molecule has 3 unspecified atom stereocenters. The molecule has 1 aromatic heterocycles. The van der Waals surface area contributed by atoms with Crippen molar-refractivity contribution < 1.29 is 35.3 Å². The van der Waals surface area contributed by atoms with Crippen molar-refractivity contribution in [3.63, 3.8) is 0 Å². The lowest BCUT2D eigenvalue weighted by Gasteiger charge is -2.49. The predicted octanol–water partition coefficient (Wildman–Crippen LogP) is 6.20. The predicted molar refractivity (Wildman–Crippen MR) is 138 cm³/mol. The van der Waals surface area contributed by atoms with Crippen molar-refractivity contribution in [1.82, 2.24) is 4.98 Å². The number of nitrogens with zero attached hydrogens (tertiary/aromatic N) is 2. The summed E-state index contributed by atoms with van der Waals surface area (Å²) in [5.41, 5.74) is 0.0871. The van der Waals surface area contributed by atoms with Gasteiger partial charge in [0.05, 0.1) is 29.5 Å². The Morgan fingerprint density at radius 3 is 2.13 bits per heavy atom. The topological polar surface area (TPSA) is 87.6 Å². The fourth-order valence-corrected chi connectivity index (χ4v) is 6.53. The number of rotatable bonds is 4. The normalized spacial score (nSPS) is 19.0. The van der Waals surface area contributed by atoms with E-state index >= 15 is 0 Å². The lowest BCUT2D eigenvalue weighted by Crippen LogP contribution is -2.64. The summed E-state index contributed by atoms with van der Waals surface area (Å²) in [6.07, 6.45) is -4.69. The number of fused-ring (bicyclic) bond motifs is 5. The minimum absolute atomic E-state index is 0.152. The smallest absolute Gasteiger partial charge is 0.301 e. The molecule has 4 aromatic carbocycles. The van der Waals surface area contributed by atoms with Gasteiger partial charge in [0.2, 0.25) is 5.91 Å². The number of hydrogen-bond acceptors (Lipinski definition) is 4. The first kappa shape index (κ1) is 25.2. The van der Waals surface area contributed by atoms with Crippen molar-refractivity contribution >= 4 is 54.0 Å². The molecule has 1 aliphatic rings. The standard InChI is InChI=1S/C28H18F4N2O4S/c29-16-10-12-22(33-14-16)25-24(26(28(30,31)32)39(36,37)38)27(35)34(25)23-13-21-17-6-2-1-5-15(17)9-11-19(21)18-7-3-4-8-20(18)23/h1-14,24-26H,(H,36,37,38). The molecule has 1 N–H and O–H groups in total. The molecule has 2 heterocycles. The van der Waals surface area contributed by atoms with Gasteiger partial charge in [-0.05, 0) is 45.1 Å². The molecule has 1 aliphatic heterocycles. The first-order valence-electron chi connectivity index (χ1n) is 11.8. The Kier molecular flexibility index (Phi) is 5.63. The largest absolute Gasteiger partial charge is 0.408 e. The van der Waals surface area contributed by atoms with E-state index in [9.17, 15) is 35.3 Å². The van der Waals surface area contributed by atoms with Crippen LogP contribution in [0.3, 0.4) is 0 Å². The van der Waals surface area contributed by atoms with E-state index in [4.69, 9.17) is 0 Å². The molecular weight excluding hydrogens is 536 g/mol. The highest BCUT2D eigenvalue weighted by Gasteiger charge is 2.65. The monoisotopic (exact) mass is 554 g/mol. The van der Waals surface area contributed by atoms with Crippen molar-refractivity contribution in [3.05, 3.63) is 96.6 Å². The summed E-state index contributed by atoms with van der Waals surface area (Å²) >= 11 is 0. The molecule has 6 nitrogen and oxygen atoms in total. The zero-order valence-corrected chi connectivity index (χ0v) is 20.6. The number of carbonyl (C=O) groups excluding carboxylic acids is 1. The van der Waals surface area contributed by atoms with Crippen LogP contribution in [0.4, 0.5) is 23.2 Å². The van der Waals surface area contributed by atoms with E-state index in [1.54, 1.807) is 24.3 Å². The Hall–Kier alpha value is -4.09. The Balaban J connectivity index is 1.64. The Bertz CT molecular complexity index is 1890. The molecule has 11 heteroatoms. The quantitative estimate of drug-likeness (QED) is 0.124. The highest BCUT2D eigenvalue weighted by molar-refractivity contribution is 7.86. The van der Waals surface area contributed by atoms with Gasteiger partial charge >= 0.3 is 6.18 Å². The second-order valence-corrected chi connectivity index (χ2v) is 10.9. The SMILES string of the molecule is O=C1C(C(C(F)(F)F)S(=O)(=O)O)C(c2ccc(F)cn2)N1c1cc2c3ccccc3ccc2c2ccccc12. The average Bonchev–Trinajstić information content (AvgIpc) is 2.89. The summed E-state index contributed by atoms with van der Waals surface area (Å²) in [4.78, 5) is 18.5. The fourth-order valence-electron chi connectivity index (χ4n) is 5.55. The van der Waals surface area contributed by atoms with Crippen LogP contribution in [0.5, 0.6) is 0 Å². The molecule has 5 aromatic rings. The molecule has 0 aliphatic carbocycles. The Morgan fingerprint density at radius 1 is 0.846 bits per heavy atom. The number of anilines is 1. The molecule has 0 radical (unpaired) electrons. The van der Waals surface area contributed by atoms with Gasteiger partial charge in [-0.3, -0.25) is 14.3 Å². The van der Waals surface area contributed by atoms with Crippen LogP contribution in [0, 0.1) is 11.7 Å². The summed E-state index contributed by atoms with van der Waals surface area (Å²) in [7, 11) is -5.75. The van der Waals surface area contributed by atoms with Crippen molar-refractivity contribution in [3.8, 4) is 0 Å². The first-order valence-corrected chi connectivity index (χ1v) is 13.3. The van der Waals surface area contributed by atoms with Gasteiger partial charge in [0.1, 0.15) is 5.82 Å². The third-order valence-corrected chi connectivity index (χ3v) is 8.37. The van der Waals surface area contributed by atoms with Crippen molar-refractivity contribution in [2.24, 2.45) is 5.92 Å². The third-order valence-electron chi connectivity index (χ3n) is 7.17. The molecular formula is C28H18F4N2O4S. The highest BCUT2D eigenvalue weighted by atomic mass is 32.2. The van der Waals surface area contributed by atoms with Crippen molar-refractivity contribution in [2.75, 3.05) is 4.90 Å². The Labute approximate surface area is 219 Å². The lowest BCUT2D eigenvalue weighted by molar-refractivity contribution is -0.160. The number of halogens is 4. The minimum atomic E-state index is -5.75. The summed E-state index contributed by atoms with van der Waals surface area (Å²) < 4.78 is 89.1. The number of aromatic nitrogens is 1. The van der Waals surface area contributed by atoms with Crippen LogP contribution in [-0.4, -0.2) is 35.3 Å². The van der Waals surface area contributed by atoms with Crippen molar-refractivity contribution in [2.45, 2.75) is 17.5 Å². The first-order chi connectivity index (χ1) is 18.5. The van der Waals surface area contributed by atoms with E-state index < -0.39 is 45.2 Å². The van der Waals surface area contributed by atoms with E-state index in [1.165, 1.54) is 0 Å². The zero-order chi connectivity index (χ0) is 27.7. The van der Waals surface area contributed by atoms with Crippen LogP contribution in [0.25, 0.3) is 32.3 Å². The van der Waals surface area contributed by atoms with E-state index in [1.807, 2.05) is 42.5 Å². The highest BCUT2D eigenvalue weighted by Crippen LogP contribution is 2.52. The number of β-lactam (4-membered cyclic amide) rings is 1. The van der Waals surface area contributed by atoms with E-state index in [0.717, 1.165) is 50.2 Å². The van der Waals surface area contributed by atoms with Crippen LogP contribution in [0.15, 0.2) is 85.1 Å². The van der Waals surface area contributed by atoms with Crippen LogP contribution in [0.2, 0.25) is 0 Å². The maximum atomic E-state index is 14.0.